The molecule has 60 valence electrons. The third-order valence-corrected chi connectivity index (χ3v) is 0.973. The van der Waals surface area contributed by atoms with Gasteiger partial charge in [0, 0.05) is 6.08 Å². The maximum atomic E-state index is 9.99. The van der Waals surface area contributed by atoms with Crippen LogP contribution in [0.5, 0.6) is 0 Å². The van der Waals surface area contributed by atoms with Crippen LogP contribution in [0.1, 0.15) is 0 Å². The van der Waals surface area contributed by atoms with Crippen molar-refractivity contribution in [3.8, 4) is 0 Å². The van der Waals surface area contributed by atoms with Gasteiger partial charge in [-0.3, -0.25) is 0 Å². The summed E-state index contributed by atoms with van der Waals surface area (Å²) in [6, 6.07) is 0. The van der Waals surface area contributed by atoms with E-state index in [0.717, 1.165) is 18.2 Å². The Labute approximate surface area is 67.4 Å². The van der Waals surface area contributed by atoms with E-state index in [-0.39, 0.29) is 0 Å². The first-order valence-electron chi connectivity index (χ1n) is 2.54. The Morgan fingerprint density at radius 2 is 1.82 bits per heavy atom. The van der Waals surface area contributed by atoms with E-state index in [1.807, 2.05) is 0 Å². The number of allylic oxidation sites excluding steroid dienone is 2. The molecule has 4 nitrogen and oxygen atoms in total. The number of carboxylic acids is 2. The van der Waals surface area contributed by atoms with Gasteiger partial charge in [-0.2, -0.15) is 0 Å². The fourth-order valence-corrected chi connectivity index (χ4v) is 0.359. The summed E-state index contributed by atoms with van der Waals surface area (Å²) in [4.78, 5) is 19.8. The molecule has 0 aromatic carbocycles. The summed E-state index contributed by atoms with van der Waals surface area (Å²) < 4.78 is 0. The Morgan fingerprint density at radius 3 is 2.18 bits per heavy atom. The van der Waals surface area contributed by atoms with Gasteiger partial charge in [0.25, 0.3) is 0 Å². The van der Waals surface area contributed by atoms with Crippen molar-refractivity contribution in [2.75, 3.05) is 0 Å². The molecular weight excluding hydrogens is 172 g/mol. The predicted molar refractivity (Wildman–Crippen MR) is 38.3 cm³/mol. The molecule has 0 aliphatic heterocycles. The maximum Gasteiger partial charge on any atom is 0.347 e. The van der Waals surface area contributed by atoms with Crippen LogP contribution in [0, 0.1) is 0 Å². The summed E-state index contributed by atoms with van der Waals surface area (Å²) >= 11 is 5.12. The summed E-state index contributed by atoms with van der Waals surface area (Å²) in [6.07, 6.45) is 2.81. The Kier molecular flexibility index (Phi) is 3.98. The lowest BCUT2D eigenvalue weighted by molar-refractivity contribution is -0.132. The van der Waals surface area contributed by atoms with Crippen molar-refractivity contribution in [1.29, 1.82) is 0 Å². The molecule has 0 heterocycles. The molecule has 0 radical (unpaired) electrons. The van der Waals surface area contributed by atoms with Crippen LogP contribution < -0.4 is 0 Å². The van der Waals surface area contributed by atoms with Crippen molar-refractivity contribution < 1.29 is 19.8 Å². The molecule has 0 saturated heterocycles. The molecule has 0 aromatic heterocycles. The zero-order valence-corrected chi connectivity index (χ0v) is 6.08. The average molecular weight is 177 g/mol. The minimum atomic E-state index is -1.29. The maximum absolute atomic E-state index is 9.99. The van der Waals surface area contributed by atoms with Gasteiger partial charge < -0.3 is 10.2 Å². The number of aliphatic carboxylic acids is 2. The van der Waals surface area contributed by atoms with Crippen LogP contribution in [-0.4, -0.2) is 22.2 Å². The minimum absolute atomic E-state index is 0.428. The number of halogens is 1. The van der Waals surface area contributed by atoms with Crippen LogP contribution in [-0.2, 0) is 9.59 Å². The van der Waals surface area contributed by atoms with Gasteiger partial charge in [-0.1, -0.05) is 17.7 Å². The first kappa shape index (κ1) is 9.71. The first-order valence-corrected chi connectivity index (χ1v) is 2.92. The lowest BCUT2D eigenvalue weighted by atomic mass is 10.4. The van der Waals surface area contributed by atoms with Crippen molar-refractivity contribution in [3.63, 3.8) is 0 Å². The molecule has 11 heavy (non-hydrogen) atoms. The second kappa shape index (κ2) is 4.51. The second-order valence-electron chi connectivity index (χ2n) is 1.52. The molecule has 0 aromatic rings. The number of carboxylic acid groups (broad SMARTS) is 2. The van der Waals surface area contributed by atoms with Gasteiger partial charge in [0.1, 0.15) is 5.03 Å². The Bertz CT molecular complexity index is 229. The molecule has 0 aliphatic carbocycles. The largest absolute Gasteiger partial charge is 0.478 e. The zero-order valence-electron chi connectivity index (χ0n) is 5.32. The molecule has 0 bridgehead atoms. The molecule has 5 heteroatoms. The number of carbonyl (C=O) groups is 2. The van der Waals surface area contributed by atoms with Crippen molar-refractivity contribution in [2.45, 2.75) is 0 Å². The second-order valence-corrected chi connectivity index (χ2v) is 1.92. The van der Waals surface area contributed by atoms with Gasteiger partial charge in [-0.25, -0.2) is 9.59 Å². The molecule has 0 rings (SSSR count). The Balaban J connectivity index is 4.13. The van der Waals surface area contributed by atoms with E-state index >= 15 is 0 Å². The van der Waals surface area contributed by atoms with Crippen molar-refractivity contribution in [2.24, 2.45) is 0 Å². The highest BCUT2D eigenvalue weighted by atomic mass is 35.5. The highest BCUT2D eigenvalue weighted by Gasteiger charge is 1.98. The van der Waals surface area contributed by atoms with E-state index in [2.05, 4.69) is 0 Å². The fourth-order valence-electron chi connectivity index (χ4n) is 0.286. The SMILES string of the molecule is O=C(O)/C=C/C=C(\Cl)C(=O)O. The molecule has 0 aliphatic rings. The molecule has 0 amide bonds. The average Bonchev–Trinajstić information content (AvgIpc) is 1.86. The van der Waals surface area contributed by atoms with Crippen LogP contribution in [0.2, 0.25) is 0 Å². The van der Waals surface area contributed by atoms with E-state index in [1.54, 1.807) is 0 Å². The zero-order chi connectivity index (χ0) is 8.85. The molecule has 0 atom stereocenters. The summed E-state index contributed by atoms with van der Waals surface area (Å²) in [6.45, 7) is 0. The van der Waals surface area contributed by atoms with Gasteiger partial charge in [0.05, 0.1) is 0 Å². The van der Waals surface area contributed by atoms with Crippen LogP contribution in [0.25, 0.3) is 0 Å². The third kappa shape index (κ3) is 5.17. The summed E-state index contributed by atoms with van der Waals surface area (Å²) in [7, 11) is 0. The molecule has 0 fully saturated rings. The third-order valence-electron chi connectivity index (χ3n) is 0.686. The minimum Gasteiger partial charge on any atom is -0.478 e. The molecular formula is C6H5ClO4. The van der Waals surface area contributed by atoms with Crippen LogP contribution in [0.3, 0.4) is 0 Å². The quantitative estimate of drug-likeness (QED) is 0.494. The Morgan fingerprint density at radius 1 is 1.27 bits per heavy atom. The van der Waals surface area contributed by atoms with Crippen molar-refractivity contribution in [3.05, 3.63) is 23.3 Å². The van der Waals surface area contributed by atoms with Gasteiger partial charge in [0.2, 0.25) is 0 Å². The normalized spacial score (nSPS) is 11.9. The molecule has 0 saturated carbocycles. The van der Waals surface area contributed by atoms with Gasteiger partial charge >= 0.3 is 11.9 Å². The van der Waals surface area contributed by atoms with E-state index in [4.69, 9.17) is 21.8 Å². The van der Waals surface area contributed by atoms with E-state index in [9.17, 15) is 9.59 Å². The number of hydrogen-bond acceptors (Lipinski definition) is 2. The van der Waals surface area contributed by atoms with E-state index in [1.165, 1.54) is 0 Å². The topological polar surface area (TPSA) is 74.6 Å². The predicted octanol–water partition coefficient (Wildman–Crippen LogP) is 0.835. The van der Waals surface area contributed by atoms with Crippen LogP contribution in [0.15, 0.2) is 23.3 Å². The number of hydrogen-bond donors (Lipinski definition) is 2. The van der Waals surface area contributed by atoms with Gasteiger partial charge in [-0.15, -0.1) is 0 Å². The molecule has 0 spiro atoms. The lowest BCUT2D eigenvalue weighted by Gasteiger charge is -1.83. The monoisotopic (exact) mass is 176 g/mol. The molecule has 2 N–H and O–H groups in total. The summed E-state index contributed by atoms with van der Waals surface area (Å²) in [5.74, 6) is -2.45. The summed E-state index contributed by atoms with van der Waals surface area (Å²) in [5.41, 5.74) is 0. The smallest absolute Gasteiger partial charge is 0.347 e. The Hall–Kier alpha value is -1.29. The highest BCUT2D eigenvalue weighted by molar-refractivity contribution is 6.41. The van der Waals surface area contributed by atoms with Crippen molar-refractivity contribution in [1.82, 2.24) is 0 Å². The van der Waals surface area contributed by atoms with Gasteiger partial charge in [-0.05, 0) is 6.08 Å². The standard InChI is InChI=1S/C6H5ClO4/c7-4(6(10)11)2-1-3-5(8)9/h1-3H,(H,8,9)(H,10,11)/b3-1+,4-2-. The van der Waals surface area contributed by atoms with Gasteiger partial charge in [0.15, 0.2) is 0 Å². The highest BCUT2D eigenvalue weighted by Crippen LogP contribution is 2.00. The lowest BCUT2D eigenvalue weighted by Crippen LogP contribution is -1.92. The summed E-state index contributed by atoms with van der Waals surface area (Å²) in [5, 5.41) is 15.8. The van der Waals surface area contributed by atoms with Crippen LogP contribution >= 0.6 is 11.6 Å². The van der Waals surface area contributed by atoms with E-state index in [0.29, 0.717) is 0 Å². The van der Waals surface area contributed by atoms with Crippen molar-refractivity contribution >= 4 is 23.5 Å². The number of rotatable bonds is 3. The van der Waals surface area contributed by atoms with E-state index < -0.39 is 17.0 Å². The fraction of sp³-hybridized carbons (Fsp3) is 0. The molecule has 0 unspecified atom stereocenters. The first-order chi connectivity index (χ1) is 5.04. The van der Waals surface area contributed by atoms with Crippen LogP contribution in [0.4, 0.5) is 0 Å².